The average molecular weight is 342 g/mol. The number of esters is 1. The summed E-state index contributed by atoms with van der Waals surface area (Å²) in [5.74, 6) is 0.552. The number of rotatable bonds is 6. The third-order valence-corrected chi connectivity index (χ3v) is 4.62. The van der Waals surface area contributed by atoms with Crippen LogP contribution in [0.1, 0.15) is 54.4 Å². The quantitative estimate of drug-likeness (QED) is 0.534. The Balaban J connectivity index is 1.88. The Morgan fingerprint density at radius 1 is 1.16 bits per heavy atom. The molecule has 2 aromatic carbocycles. The second kappa shape index (κ2) is 7.26. The van der Waals surface area contributed by atoms with Gasteiger partial charge in [-0.2, -0.15) is 0 Å². The van der Waals surface area contributed by atoms with Crippen LogP contribution in [0.25, 0.3) is 0 Å². The Morgan fingerprint density at radius 3 is 2.56 bits per heavy atom. The molecular weight excluding hydrogens is 319 g/mol. The fraction of sp³-hybridized carbons (Fsp3) is 0.381. The summed E-state index contributed by atoms with van der Waals surface area (Å²) >= 11 is 0. The van der Waals surface area contributed by atoms with Crippen LogP contribution in [0.5, 0.6) is 11.5 Å². The van der Waals surface area contributed by atoms with Crippen molar-refractivity contribution in [2.75, 3.05) is 0 Å². The van der Waals surface area contributed by atoms with Crippen molar-refractivity contribution in [2.45, 2.75) is 52.6 Å². The van der Waals surface area contributed by atoms with Gasteiger partial charge in [0.2, 0.25) is 0 Å². The first-order chi connectivity index (χ1) is 12.0. The second-order valence-electron chi connectivity index (χ2n) is 6.58. The van der Waals surface area contributed by atoms with Crippen molar-refractivity contribution in [3.8, 4) is 11.5 Å². The minimum absolute atomic E-state index is 0.179. The van der Waals surface area contributed by atoms with E-state index in [9.17, 15) is 9.18 Å². The maximum Gasteiger partial charge on any atom is 0.310 e. The van der Waals surface area contributed by atoms with Crippen molar-refractivity contribution < 1.29 is 18.7 Å². The van der Waals surface area contributed by atoms with Crippen molar-refractivity contribution in [3.05, 3.63) is 58.4 Å². The molecule has 0 aliphatic heterocycles. The second-order valence-corrected chi connectivity index (χ2v) is 6.58. The Morgan fingerprint density at radius 2 is 1.88 bits per heavy atom. The lowest BCUT2D eigenvalue weighted by Gasteiger charge is -2.16. The maximum atomic E-state index is 14.2. The van der Waals surface area contributed by atoms with Crippen LogP contribution in [0.4, 0.5) is 4.39 Å². The Hall–Kier alpha value is -2.36. The van der Waals surface area contributed by atoms with E-state index < -0.39 is 0 Å². The highest BCUT2D eigenvalue weighted by Crippen LogP contribution is 2.44. The normalized spacial score (nSPS) is 13.6. The van der Waals surface area contributed by atoms with Gasteiger partial charge in [-0.1, -0.05) is 19.1 Å². The van der Waals surface area contributed by atoms with Gasteiger partial charge >= 0.3 is 5.97 Å². The van der Waals surface area contributed by atoms with Crippen molar-refractivity contribution in [3.63, 3.8) is 0 Å². The average Bonchev–Trinajstić information content (AvgIpc) is 3.42. The molecule has 132 valence electrons. The van der Waals surface area contributed by atoms with Crippen LogP contribution in [0.3, 0.4) is 0 Å². The van der Waals surface area contributed by atoms with Crippen LogP contribution in [-0.2, 0) is 11.4 Å². The molecule has 0 unspecified atom stereocenters. The number of benzene rings is 2. The van der Waals surface area contributed by atoms with Gasteiger partial charge in [-0.3, -0.25) is 4.79 Å². The number of hydrogen-bond acceptors (Lipinski definition) is 3. The van der Waals surface area contributed by atoms with Gasteiger partial charge in [0.25, 0.3) is 0 Å². The van der Waals surface area contributed by atoms with E-state index in [2.05, 4.69) is 0 Å². The molecule has 25 heavy (non-hydrogen) atoms. The molecule has 0 saturated heterocycles. The molecule has 0 N–H and O–H groups in total. The van der Waals surface area contributed by atoms with Crippen LogP contribution in [0.15, 0.2) is 30.3 Å². The number of carbonyl (C=O) groups excluding carboxylic acids is 1. The smallest absolute Gasteiger partial charge is 0.310 e. The Labute approximate surface area is 147 Å². The van der Waals surface area contributed by atoms with Gasteiger partial charge in [0.15, 0.2) is 11.6 Å². The molecule has 1 aliphatic rings. The molecular formula is C21H23FO3. The minimum atomic E-state index is -0.376. The minimum Gasteiger partial charge on any atom is -0.486 e. The largest absolute Gasteiger partial charge is 0.486 e. The molecule has 1 fully saturated rings. The first-order valence-electron chi connectivity index (χ1n) is 8.71. The highest BCUT2D eigenvalue weighted by molar-refractivity contribution is 5.72. The zero-order valence-electron chi connectivity index (χ0n) is 14.9. The lowest BCUT2D eigenvalue weighted by Crippen LogP contribution is -2.10. The van der Waals surface area contributed by atoms with Gasteiger partial charge in [0.05, 0.1) is 0 Å². The summed E-state index contributed by atoms with van der Waals surface area (Å²) < 4.78 is 25.4. The van der Waals surface area contributed by atoms with E-state index in [1.165, 1.54) is 6.07 Å². The van der Waals surface area contributed by atoms with Gasteiger partial charge in [0, 0.05) is 12.0 Å². The van der Waals surface area contributed by atoms with Gasteiger partial charge < -0.3 is 9.47 Å². The lowest BCUT2D eigenvalue weighted by atomic mass is 10.0. The topological polar surface area (TPSA) is 35.5 Å². The molecule has 0 bridgehead atoms. The number of hydrogen-bond donors (Lipinski definition) is 0. The first-order valence-corrected chi connectivity index (χ1v) is 8.71. The SMILES string of the molecule is CCC(=O)Oc1cccc(C2CC2)c1COc1cc(C)c(C)cc1F. The summed E-state index contributed by atoms with van der Waals surface area (Å²) in [6, 6.07) is 8.90. The lowest BCUT2D eigenvalue weighted by molar-refractivity contribution is -0.134. The van der Waals surface area contributed by atoms with Crippen molar-refractivity contribution in [2.24, 2.45) is 0 Å². The summed E-state index contributed by atoms with van der Waals surface area (Å²) in [5, 5.41) is 0. The molecule has 0 amide bonds. The molecule has 0 aromatic heterocycles. The zero-order chi connectivity index (χ0) is 18.0. The molecule has 3 rings (SSSR count). The van der Waals surface area contributed by atoms with Gasteiger partial charge in [-0.15, -0.1) is 0 Å². The standard InChI is InChI=1S/C21H23FO3/c1-4-21(23)25-19-7-5-6-16(15-8-9-15)17(19)12-24-20-11-14(3)13(2)10-18(20)22/h5-7,10-11,15H,4,8-9,12H2,1-3H3. The van der Waals surface area contributed by atoms with E-state index in [-0.39, 0.29) is 24.1 Å². The fourth-order valence-corrected chi connectivity index (χ4v) is 2.82. The highest BCUT2D eigenvalue weighted by Gasteiger charge is 2.28. The molecule has 2 aromatic rings. The van der Waals surface area contributed by atoms with E-state index in [0.717, 1.165) is 35.1 Å². The highest BCUT2D eigenvalue weighted by atomic mass is 19.1. The summed E-state index contributed by atoms with van der Waals surface area (Å²) in [6.07, 6.45) is 2.55. The molecule has 0 atom stereocenters. The van der Waals surface area contributed by atoms with Crippen LogP contribution in [-0.4, -0.2) is 5.97 Å². The van der Waals surface area contributed by atoms with Crippen LogP contribution < -0.4 is 9.47 Å². The maximum absolute atomic E-state index is 14.2. The molecule has 3 nitrogen and oxygen atoms in total. The Bertz CT molecular complexity index is 794. The molecule has 0 heterocycles. The van der Waals surface area contributed by atoms with Crippen molar-refractivity contribution in [1.82, 2.24) is 0 Å². The van der Waals surface area contributed by atoms with E-state index in [1.807, 2.05) is 26.0 Å². The summed E-state index contributed by atoms with van der Waals surface area (Å²) in [7, 11) is 0. The number of carbonyl (C=O) groups is 1. The summed E-state index contributed by atoms with van der Waals surface area (Å²) in [5.41, 5.74) is 3.83. The number of halogens is 1. The molecule has 4 heteroatoms. The van der Waals surface area contributed by atoms with Crippen LogP contribution in [0, 0.1) is 19.7 Å². The zero-order valence-corrected chi connectivity index (χ0v) is 14.9. The number of aryl methyl sites for hydroxylation is 2. The van der Waals surface area contributed by atoms with E-state index in [0.29, 0.717) is 18.1 Å². The van der Waals surface area contributed by atoms with E-state index >= 15 is 0 Å². The van der Waals surface area contributed by atoms with E-state index in [4.69, 9.17) is 9.47 Å². The predicted molar refractivity (Wildman–Crippen MR) is 94.5 cm³/mol. The van der Waals surface area contributed by atoms with Crippen molar-refractivity contribution >= 4 is 5.97 Å². The first kappa shape index (κ1) is 17.5. The number of ether oxygens (including phenoxy) is 2. The molecule has 0 radical (unpaired) electrons. The molecule has 1 saturated carbocycles. The van der Waals surface area contributed by atoms with Gasteiger partial charge in [0.1, 0.15) is 12.4 Å². The van der Waals surface area contributed by atoms with E-state index in [1.54, 1.807) is 19.1 Å². The third kappa shape index (κ3) is 4.01. The summed E-state index contributed by atoms with van der Waals surface area (Å²) in [6.45, 7) is 5.73. The molecule has 0 spiro atoms. The predicted octanol–water partition coefficient (Wildman–Crippen LogP) is 5.21. The Kier molecular flexibility index (Phi) is 5.07. The van der Waals surface area contributed by atoms with Crippen LogP contribution >= 0.6 is 0 Å². The fourth-order valence-electron chi connectivity index (χ4n) is 2.82. The van der Waals surface area contributed by atoms with Gasteiger partial charge in [-0.05, 0) is 67.5 Å². The van der Waals surface area contributed by atoms with Crippen LogP contribution in [0.2, 0.25) is 0 Å². The molecule has 1 aliphatic carbocycles. The van der Waals surface area contributed by atoms with Gasteiger partial charge in [-0.25, -0.2) is 4.39 Å². The monoisotopic (exact) mass is 342 g/mol. The third-order valence-electron chi connectivity index (χ3n) is 4.62. The van der Waals surface area contributed by atoms with Crippen molar-refractivity contribution in [1.29, 1.82) is 0 Å². The summed E-state index contributed by atoms with van der Waals surface area (Å²) in [4.78, 5) is 11.7.